The van der Waals surface area contributed by atoms with Crippen LogP contribution in [0.1, 0.15) is 30.4 Å². The monoisotopic (exact) mass is 541 g/mol. The van der Waals surface area contributed by atoms with Crippen molar-refractivity contribution in [3.05, 3.63) is 65.2 Å². The van der Waals surface area contributed by atoms with Crippen LogP contribution < -0.4 is 20.3 Å². The molecular formula is C23H23F4N5O4S. The number of carbonyl (C=O) groups is 2. The number of pyridine rings is 1. The zero-order valence-corrected chi connectivity index (χ0v) is 20.3. The summed E-state index contributed by atoms with van der Waals surface area (Å²) in [5, 5.41) is 4.29. The zero-order valence-electron chi connectivity index (χ0n) is 19.5. The number of hydrogen-bond donors (Lipinski definition) is 3. The van der Waals surface area contributed by atoms with Gasteiger partial charge < -0.3 is 10.2 Å². The van der Waals surface area contributed by atoms with E-state index in [0.717, 1.165) is 24.7 Å². The van der Waals surface area contributed by atoms with Crippen molar-refractivity contribution in [1.82, 2.24) is 15.0 Å². The smallest absolute Gasteiger partial charge is 0.307 e. The second-order valence-corrected chi connectivity index (χ2v) is 10.7. The predicted octanol–water partition coefficient (Wildman–Crippen LogP) is 3.26. The van der Waals surface area contributed by atoms with Gasteiger partial charge in [0.2, 0.25) is 10.0 Å². The van der Waals surface area contributed by atoms with Crippen molar-refractivity contribution in [2.24, 2.45) is 0 Å². The van der Waals surface area contributed by atoms with Crippen molar-refractivity contribution in [3.63, 3.8) is 0 Å². The molecule has 2 aromatic rings. The average Bonchev–Trinajstić information content (AvgIpc) is 3.61. The molecule has 0 atom stereocenters. The van der Waals surface area contributed by atoms with Gasteiger partial charge in [-0.2, -0.15) is 13.2 Å². The van der Waals surface area contributed by atoms with E-state index in [9.17, 15) is 35.6 Å². The van der Waals surface area contributed by atoms with E-state index >= 15 is 0 Å². The van der Waals surface area contributed by atoms with Crippen LogP contribution in [0.3, 0.4) is 0 Å². The number of urea groups is 1. The Bertz CT molecular complexity index is 1360. The van der Waals surface area contributed by atoms with Gasteiger partial charge in [-0.1, -0.05) is 18.2 Å². The lowest BCUT2D eigenvalue weighted by molar-refractivity contribution is -0.138. The third-order valence-corrected chi connectivity index (χ3v) is 6.81. The Morgan fingerprint density at radius 1 is 1.16 bits per heavy atom. The van der Waals surface area contributed by atoms with E-state index in [1.54, 1.807) is 12.1 Å². The van der Waals surface area contributed by atoms with Gasteiger partial charge in [0, 0.05) is 30.4 Å². The number of alkyl halides is 3. The Morgan fingerprint density at radius 2 is 1.84 bits per heavy atom. The summed E-state index contributed by atoms with van der Waals surface area (Å²) in [6.07, 6.45) is 0.247. The second-order valence-electron chi connectivity index (χ2n) is 8.92. The molecule has 9 nitrogen and oxygen atoms in total. The molecule has 0 spiro atoms. The minimum atomic E-state index is -4.79. The van der Waals surface area contributed by atoms with E-state index in [-0.39, 0.29) is 23.7 Å². The summed E-state index contributed by atoms with van der Waals surface area (Å²) in [6.45, 7) is 0.620. The molecule has 0 bridgehead atoms. The third-order valence-electron chi connectivity index (χ3n) is 6.14. The van der Waals surface area contributed by atoms with Gasteiger partial charge in [0.25, 0.3) is 5.91 Å². The summed E-state index contributed by atoms with van der Waals surface area (Å²) in [5.74, 6) is -2.63. The lowest BCUT2D eigenvalue weighted by Gasteiger charge is -2.28. The van der Waals surface area contributed by atoms with Crippen LogP contribution in [0.15, 0.2) is 48.3 Å². The molecule has 3 amide bonds. The Hall–Kier alpha value is -3.52. The van der Waals surface area contributed by atoms with Crippen LogP contribution in [-0.4, -0.2) is 44.7 Å². The molecule has 1 aromatic carbocycles. The molecule has 4 rings (SSSR count). The number of amides is 3. The number of nitrogens with one attached hydrogen (secondary N) is 3. The second kappa shape index (κ2) is 9.74. The largest absolute Gasteiger partial charge is 0.417 e. The SMILES string of the molecule is CS(=O)(=O)NCC1(c2ccc(N3CCC=C(NC(=O)Nc4ncc(C(F)(F)F)cc4F)C3=O)cc2)CC1. The van der Waals surface area contributed by atoms with Crippen LogP contribution in [0.4, 0.5) is 33.9 Å². The molecule has 1 saturated carbocycles. The highest BCUT2D eigenvalue weighted by Crippen LogP contribution is 2.48. The van der Waals surface area contributed by atoms with Crippen LogP contribution in [0.2, 0.25) is 0 Å². The van der Waals surface area contributed by atoms with Crippen molar-refractivity contribution in [3.8, 4) is 0 Å². The molecule has 1 aliphatic carbocycles. The molecule has 0 unspecified atom stereocenters. The van der Waals surface area contributed by atoms with E-state index in [0.29, 0.717) is 24.8 Å². The molecule has 14 heteroatoms. The first kappa shape index (κ1) is 26.5. The first-order chi connectivity index (χ1) is 17.3. The van der Waals surface area contributed by atoms with Gasteiger partial charge >= 0.3 is 12.2 Å². The lowest BCUT2D eigenvalue weighted by atomic mass is 9.96. The maximum atomic E-state index is 14.0. The molecule has 0 saturated heterocycles. The van der Waals surface area contributed by atoms with Gasteiger partial charge in [-0.3, -0.25) is 10.1 Å². The van der Waals surface area contributed by atoms with Crippen LogP contribution in [0.5, 0.6) is 0 Å². The van der Waals surface area contributed by atoms with Crippen molar-refractivity contribution in [2.75, 3.05) is 29.6 Å². The van der Waals surface area contributed by atoms with Crippen LogP contribution in [0.25, 0.3) is 0 Å². The minimum absolute atomic E-state index is 0.0869. The van der Waals surface area contributed by atoms with E-state index in [4.69, 9.17) is 0 Å². The number of halogens is 4. The fourth-order valence-electron chi connectivity index (χ4n) is 3.95. The maximum absolute atomic E-state index is 14.0. The fraction of sp³-hybridized carbons (Fsp3) is 0.348. The van der Waals surface area contributed by atoms with Crippen LogP contribution in [-0.2, 0) is 26.4 Å². The molecule has 1 fully saturated rings. The number of nitrogens with zero attached hydrogens (tertiary/aromatic N) is 2. The lowest BCUT2D eigenvalue weighted by Crippen LogP contribution is -2.43. The Labute approximate surface area is 210 Å². The van der Waals surface area contributed by atoms with E-state index < -0.39 is 45.3 Å². The van der Waals surface area contributed by atoms with Gasteiger partial charge in [0.15, 0.2) is 11.6 Å². The van der Waals surface area contributed by atoms with E-state index in [1.807, 2.05) is 17.4 Å². The molecule has 2 heterocycles. The van der Waals surface area contributed by atoms with Gasteiger partial charge in [0.05, 0.1) is 11.8 Å². The summed E-state index contributed by atoms with van der Waals surface area (Å²) in [5.41, 5.74) is -0.168. The van der Waals surface area contributed by atoms with Gasteiger partial charge in [-0.05, 0) is 43.0 Å². The molecular weight excluding hydrogens is 518 g/mol. The average molecular weight is 542 g/mol. The fourth-order valence-corrected chi connectivity index (χ4v) is 4.49. The standard InChI is InChI=1S/C23H23F4N5O4S/c1-37(35,36)29-13-22(8-9-22)14-4-6-16(7-5-14)32-10-2-3-18(20(32)33)30-21(34)31-19-17(24)11-15(12-28-19)23(25,26)27/h3-7,11-12,29H,2,8-10,13H2,1H3,(H2,28,30,31,34). The number of carbonyl (C=O) groups excluding carboxylic acids is 2. The van der Waals surface area contributed by atoms with Crippen molar-refractivity contribution in [1.29, 1.82) is 0 Å². The zero-order chi connectivity index (χ0) is 27.0. The van der Waals surface area contributed by atoms with E-state index in [2.05, 4.69) is 15.0 Å². The number of aromatic nitrogens is 1. The molecule has 1 aliphatic heterocycles. The summed E-state index contributed by atoms with van der Waals surface area (Å²) < 4.78 is 77.4. The highest BCUT2D eigenvalue weighted by molar-refractivity contribution is 7.88. The molecule has 1 aromatic heterocycles. The number of benzene rings is 1. The highest BCUT2D eigenvalue weighted by atomic mass is 32.2. The van der Waals surface area contributed by atoms with Gasteiger partial charge in [0.1, 0.15) is 5.70 Å². The molecule has 2 aliphatic rings. The quantitative estimate of drug-likeness (QED) is 0.465. The van der Waals surface area contributed by atoms with Crippen LogP contribution in [0, 0.1) is 5.82 Å². The van der Waals surface area contributed by atoms with Gasteiger partial charge in [-0.15, -0.1) is 0 Å². The summed E-state index contributed by atoms with van der Waals surface area (Å²) >= 11 is 0. The first-order valence-electron chi connectivity index (χ1n) is 11.2. The number of anilines is 2. The van der Waals surface area contributed by atoms with Gasteiger partial charge in [-0.25, -0.2) is 27.3 Å². The van der Waals surface area contributed by atoms with Crippen molar-refractivity contribution >= 4 is 33.5 Å². The predicted molar refractivity (Wildman–Crippen MR) is 127 cm³/mol. The molecule has 37 heavy (non-hydrogen) atoms. The van der Waals surface area contributed by atoms with Crippen LogP contribution >= 0.6 is 0 Å². The first-order valence-corrected chi connectivity index (χ1v) is 13.0. The summed E-state index contributed by atoms with van der Waals surface area (Å²) in [6, 6.07) is 6.29. The number of sulfonamides is 1. The Morgan fingerprint density at radius 3 is 2.41 bits per heavy atom. The number of rotatable bonds is 7. The third kappa shape index (κ3) is 6.25. The number of hydrogen-bond acceptors (Lipinski definition) is 5. The highest BCUT2D eigenvalue weighted by Gasteiger charge is 2.44. The Balaban J connectivity index is 1.39. The van der Waals surface area contributed by atoms with E-state index in [1.165, 1.54) is 11.0 Å². The Kier molecular flexibility index (Phi) is 6.99. The maximum Gasteiger partial charge on any atom is 0.417 e. The topological polar surface area (TPSA) is 120 Å². The molecule has 198 valence electrons. The summed E-state index contributed by atoms with van der Waals surface area (Å²) in [4.78, 5) is 30.0. The van der Waals surface area contributed by atoms with Crippen molar-refractivity contribution < 1.29 is 35.6 Å². The minimum Gasteiger partial charge on any atom is -0.307 e. The normalized spacial score (nSPS) is 17.3. The van der Waals surface area contributed by atoms with Crippen molar-refractivity contribution in [2.45, 2.75) is 30.9 Å². The molecule has 0 radical (unpaired) electrons. The summed E-state index contributed by atoms with van der Waals surface area (Å²) in [7, 11) is -3.32. The molecule has 3 N–H and O–H groups in total.